The maximum Gasteiger partial charge on any atom is 0.416 e. The number of fused-ring (bicyclic) bond motifs is 1. The third-order valence-electron chi connectivity index (χ3n) is 7.22. The summed E-state index contributed by atoms with van der Waals surface area (Å²) in [5, 5.41) is 3.54. The van der Waals surface area contributed by atoms with E-state index in [4.69, 9.17) is 0 Å². The summed E-state index contributed by atoms with van der Waals surface area (Å²) < 4.78 is 109. The molecule has 2 heterocycles. The molecule has 0 atom stereocenters. The van der Waals surface area contributed by atoms with Crippen LogP contribution in [0.2, 0.25) is 0 Å². The van der Waals surface area contributed by atoms with Crippen LogP contribution in [0.4, 0.5) is 28.9 Å². The van der Waals surface area contributed by atoms with Gasteiger partial charge in [0.2, 0.25) is 20.0 Å². The van der Waals surface area contributed by atoms with E-state index >= 15 is 0 Å². The van der Waals surface area contributed by atoms with Crippen LogP contribution in [0.25, 0.3) is 10.9 Å². The Bertz CT molecular complexity index is 1860. The van der Waals surface area contributed by atoms with Gasteiger partial charge in [0.25, 0.3) is 0 Å². The van der Waals surface area contributed by atoms with Crippen LogP contribution < -0.4 is 5.32 Å². The van der Waals surface area contributed by atoms with Crippen molar-refractivity contribution < 1.29 is 34.4 Å². The van der Waals surface area contributed by atoms with Gasteiger partial charge in [0.1, 0.15) is 5.82 Å². The summed E-state index contributed by atoms with van der Waals surface area (Å²) in [5.74, 6) is -0.588. The zero-order valence-corrected chi connectivity index (χ0v) is 24.6. The lowest BCUT2D eigenvalue weighted by Gasteiger charge is -2.33. The number of halogens is 4. The van der Waals surface area contributed by atoms with Gasteiger partial charge in [0.05, 0.1) is 20.9 Å². The van der Waals surface area contributed by atoms with Gasteiger partial charge in [-0.25, -0.2) is 21.2 Å². The van der Waals surface area contributed by atoms with Gasteiger partial charge in [-0.2, -0.15) is 21.8 Å². The lowest BCUT2D eigenvalue weighted by atomic mass is 10.1. The number of aryl methyl sites for hydroxylation is 1. The summed E-state index contributed by atoms with van der Waals surface area (Å²) in [5.41, 5.74) is 0.768. The van der Waals surface area contributed by atoms with E-state index in [2.05, 4.69) is 10.3 Å². The molecule has 0 aliphatic carbocycles. The molecule has 0 saturated carbocycles. The SMILES string of the molecule is CCCc1ccc(S(=O)(=O)N2CCN(S(=O)(=O)c3ccc(Nc4ccnc5cc(C(F)(F)F)ccc45)cc3)CC2)cc1F. The number of alkyl halides is 3. The lowest BCUT2D eigenvalue weighted by Crippen LogP contribution is -2.50. The van der Waals surface area contributed by atoms with E-state index in [-0.39, 0.29) is 41.5 Å². The fraction of sp³-hybridized carbons (Fsp3) is 0.276. The zero-order chi connectivity index (χ0) is 31.0. The molecule has 3 aromatic carbocycles. The molecule has 0 unspecified atom stereocenters. The predicted molar refractivity (Wildman–Crippen MR) is 154 cm³/mol. The fourth-order valence-electron chi connectivity index (χ4n) is 4.91. The number of piperazine rings is 1. The van der Waals surface area contributed by atoms with Gasteiger partial charge in [-0.15, -0.1) is 0 Å². The van der Waals surface area contributed by atoms with Crippen LogP contribution in [-0.4, -0.2) is 56.6 Å². The first-order chi connectivity index (χ1) is 20.3. The number of nitrogens with zero attached hydrogens (tertiary/aromatic N) is 3. The van der Waals surface area contributed by atoms with E-state index in [1.807, 2.05) is 6.92 Å². The van der Waals surface area contributed by atoms with Crippen LogP contribution in [0.1, 0.15) is 24.5 Å². The van der Waals surface area contributed by atoms with E-state index in [9.17, 15) is 34.4 Å². The molecule has 228 valence electrons. The van der Waals surface area contributed by atoms with Crippen molar-refractivity contribution in [3.05, 3.63) is 89.9 Å². The topological polar surface area (TPSA) is 99.7 Å². The largest absolute Gasteiger partial charge is 0.416 e. The molecule has 1 fully saturated rings. The Labute approximate surface area is 247 Å². The molecule has 1 aliphatic heterocycles. The van der Waals surface area contributed by atoms with Crippen molar-refractivity contribution in [2.45, 2.75) is 35.7 Å². The average molecular weight is 637 g/mol. The standard InChI is InChI=1S/C29H28F4N4O4S2/c1-2-3-20-4-8-24(19-26(20)30)43(40,41)37-16-14-36(15-17-37)42(38,39)23-9-6-22(7-10-23)35-27-12-13-34-28-18-21(29(31,32)33)5-11-25(27)28/h4-13,18-19H,2-3,14-17H2,1H3,(H,34,35). The highest BCUT2D eigenvalue weighted by Crippen LogP contribution is 2.33. The summed E-state index contributed by atoms with van der Waals surface area (Å²) in [6, 6.07) is 14.5. The third kappa shape index (κ3) is 6.37. The van der Waals surface area contributed by atoms with Gasteiger partial charge in [0, 0.05) is 49.1 Å². The first kappa shape index (κ1) is 30.9. The lowest BCUT2D eigenvalue weighted by molar-refractivity contribution is -0.137. The molecule has 1 aliphatic rings. The highest BCUT2D eigenvalue weighted by Gasteiger charge is 2.34. The van der Waals surface area contributed by atoms with E-state index in [1.54, 1.807) is 6.07 Å². The van der Waals surface area contributed by atoms with E-state index in [0.29, 0.717) is 28.7 Å². The zero-order valence-electron chi connectivity index (χ0n) is 23.0. The molecule has 43 heavy (non-hydrogen) atoms. The Morgan fingerprint density at radius 1 is 0.814 bits per heavy atom. The second kappa shape index (κ2) is 11.8. The van der Waals surface area contributed by atoms with Gasteiger partial charge in [-0.3, -0.25) is 4.98 Å². The quantitative estimate of drug-likeness (QED) is 0.246. The van der Waals surface area contributed by atoms with Crippen molar-refractivity contribution in [3.63, 3.8) is 0 Å². The summed E-state index contributed by atoms with van der Waals surface area (Å²) in [6.45, 7) is 1.55. The molecule has 0 amide bonds. The van der Waals surface area contributed by atoms with Crippen LogP contribution in [0, 0.1) is 5.82 Å². The molecule has 14 heteroatoms. The van der Waals surface area contributed by atoms with Crippen molar-refractivity contribution in [2.75, 3.05) is 31.5 Å². The Hall–Kier alpha value is -3.59. The number of anilines is 2. The molecule has 1 N–H and O–H groups in total. The average Bonchev–Trinajstić information content (AvgIpc) is 2.98. The van der Waals surface area contributed by atoms with Crippen LogP contribution >= 0.6 is 0 Å². The Kier molecular flexibility index (Phi) is 8.49. The Balaban J connectivity index is 1.26. The minimum absolute atomic E-state index is 0.00246. The molecule has 4 aromatic rings. The highest BCUT2D eigenvalue weighted by atomic mass is 32.2. The Morgan fingerprint density at radius 3 is 2.00 bits per heavy atom. The molecular weight excluding hydrogens is 608 g/mol. The molecule has 1 aromatic heterocycles. The van der Waals surface area contributed by atoms with Gasteiger partial charge in [0.15, 0.2) is 0 Å². The number of aromatic nitrogens is 1. The maximum absolute atomic E-state index is 14.4. The van der Waals surface area contributed by atoms with Crippen LogP contribution in [0.5, 0.6) is 0 Å². The number of sulfonamides is 2. The van der Waals surface area contributed by atoms with Crippen LogP contribution in [0.15, 0.2) is 82.7 Å². The summed E-state index contributed by atoms with van der Waals surface area (Å²) in [7, 11) is -7.96. The molecule has 1 saturated heterocycles. The number of pyridine rings is 1. The van der Waals surface area contributed by atoms with Crippen LogP contribution in [-0.2, 0) is 32.6 Å². The third-order valence-corrected chi connectivity index (χ3v) is 11.0. The van der Waals surface area contributed by atoms with E-state index in [1.165, 1.54) is 53.0 Å². The highest BCUT2D eigenvalue weighted by molar-refractivity contribution is 7.89. The van der Waals surface area contributed by atoms with Gasteiger partial charge >= 0.3 is 6.18 Å². The van der Waals surface area contributed by atoms with Crippen LogP contribution in [0.3, 0.4) is 0 Å². The maximum atomic E-state index is 14.4. The van der Waals surface area contributed by atoms with Gasteiger partial charge in [-0.05, 0) is 66.6 Å². The van der Waals surface area contributed by atoms with Crippen molar-refractivity contribution >= 4 is 42.3 Å². The normalized spacial score (nSPS) is 15.6. The number of nitrogens with one attached hydrogen (secondary N) is 1. The molecule has 0 spiro atoms. The van der Waals surface area contributed by atoms with E-state index < -0.39 is 37.6 Å². The second-order valence-corrected chi connectivity index (χ2v) is 13.9. The second-order valence-electron chi connectivity index (χ2n) is 10.0. The number of hydrogen-bond acceptors (Lipinski definition) is 6. The smallest absolute Gasteiger partial charge is 0.355 e. The molecule has 8 nitrogen and oxygen atoms in total. The molecule has 0 bridgehead atoms. The van der Waals surface area contributed by atoms with Crippen molar-refractivity contribution in [1.82, 2.24) is 13.6 Å². The molecule has 0 radical (unpaired) electrons. The van der Waals surface area contributed by atoms with Gasteiger partial charge < -0.3 is 5.32 Å². The van der Waals surface area contributed by atoms with Crippen molar-refractivity contribution in [1.29, 1.82) is 0 Å². The predicted octanol–water partition coefficient (Wildman–Crippen LogP) is 5.78. The minimum Gasteiger partial charge on any atom is -0.355 e. The van der Waals surface area contributed by atoms with Crippen molar-refractivity contribution in [3.8, 4) is 0 Å². The summed E-state index contributed by atoms with van der Waals surface area (Å²) >= 11 is 0. The first-order valence-corrected chi connectivity index (χ1v) is 16.3. The van der Waals surface area contributed by atoms with E-state index in [0.717, 1.165) is 28.9 Å². The van der Waals surface area contributed by atoms with Gasteiger partial charge in [-0.1, -0.05) is 25.5 Å². The fourth-order valence-corrected chi connectivity index (χ4v) is 7.77. The monoisotopic (exact) mass is 636 g/mol. The van der Waals surface area contributed by atoms with Crippen molar-refractivity contribution in [2.24, 2.45) is 0 Å². The molecular formula is C29H28F4N4O4S2. The number of hydrogen-bond donors (Lipinski definition) is 1. The first-order valence-electron chi connectivity index (χ1n) is 13.4. The summed E-state index contributed by atoms with van der Waals surface area (Å²) in [6.07, 6.45) is -1.91. The number of rotatable bonds is 8. The molecule has 5 rings (SSSR count). The number of benzene rings is 3. The Morgan fingerprint density at radius 2 is 1.42 bits per heavy atom. The minimum atomic E-state index is -4.50. The summed E-state index contributed by atoms with van der Waals surface area (Å²) in [4.78, 5) is 3.85.